The van der Waals surface area contributed by atoms with Crippen LogP contribution in [0.3, 0.4) is 0 Å². The monoisotopic (exact) mass is 278 g/mol. The summed E-state index contributed by atoms with van der Waals surface area (Å²) in [5, 5.41) is 5.22. The topological polar surface area (TPSA) is 67.4 Å². The highest BCUT2D eigenvalue weighted by molar-refractivity contribution is 5.96. The number of hydrogen-bond acceptors (Lipinski definition) is 3. The number of nitrogens with one attached hydrogen (secondary N) is 2. The Morgan fingerprint density at radius 1 is 1.15 bits per heavy atom. The fraction of sp³-hybridized carbons (Fsp3) is 0.467. The lowest BCUT2D eigenvalue weighted by atomic mass is 10.2. The van der Waals surface area contributed by atoms with Crippen molar-refractivity contribution in [2.45, 2.75) is 33.7 Å². The molecule has 1 aromatic rings. The van der Waals surface area contributed by atoms with E-state index < -0.39 is 12.1 Å². The summed E-state index contributed by atoms with van der Waals surface area (Å²) in [6.07, 6.45) is -0.578. The van der Waals surface area contributed by atoms with Gasteiger partial charge in [0.2, 0.25) is 5.91 Å². The number of rotatable bonds is 5. The maximum absolute atomic E-state index is 11.9. The van der Waals surface area contributed by atoms with Gasteiger partial charge in [-0.2, -0.15) is 0 Å². The van der Waals surface area contributed by atoms with Gasteiger partial charge in [0.15, 0.2) is 0 Å². The fourth-order valence-electron chi connectivity index (χ4n) is 1.41. The quantitative estimate of drug-likeness (QED) is 0.870. The number of ether oxygens (including phenoxy) is 1. The Hall–Kier alpha value is -2.04. The molecule has 1 aromatic carbocycles. The van der Waals surface area contributed by atoms with Crippen molar-refractivity contribution in [2.24, 2.45) is 5.92 Å². The molecule has 0 saturated carbocycles. The minimum Gasteiger partial charge on any atom is -0.449 e. The number of anilines is 1. The van der Waals surface area contributed by atoms with E-state index in [1.165, 1.54) is 0 Å². The van der Waals surface area contributed by atoms with Crippen molar-refractivity contribution in [3.63, 3.8) is 0 Å². The molecule has 0 fully saturated rings. The normalized spacial score (nSPS) is 11.8. The molecule has 2 amide bonds. The zero-order valence-electron chi connectivity index (χ0n) is 12.4. The lowest BCUT2D eigenvalue weighted by Gasteiger charge is -2.15. The molecule has 0 aromatic heterocycles. The summed E-state index contributed by atoms with van der Waals surface area (Å²) in [4.78, 5) is 23.3. The summed E-state index contributed by atoms with van der Waals surface area (Å²) < 4.78 is 4.96. The summed E-state index contributed by atoms with van der Waals surface area (Å²) in [6.45, 7) is 7.81. The van der Waals surface area contributed by atoms with Crippen molar-refractivity contribution >= 4 is 17.7 Å². The molecule has 0 radical (unpaired) electrons. The zero-order chi connectivity index (χ0) is 15.1. The van der Waals surface area contributed by atoms with Gasteiger partial charge >= 0.3 is 6.09 Å². The van der Waals surface area contributed by atoms with Crippen LogP contribution in [0.15, 0.2) is 24.3 Å². The molecule has 5 nitrogen and oxygen atoms in total. The average molecular weight is 278 g/mol. The third-order valence-electron chi connectivity index (χ3n) is 2.59. The Balaban J connectivity index is 2.42. The van der Waals surface area contributed by atoms with Gasteiger partial charge in [-0.1, -0.05) is 31.5 Å². The van der Waals surface area contributed by atoms with Crippen LogP contribution in [0.4, 0.5) is 10.5 Å². The minimum absolute atomic E-state index is 0.262. The van der Waals surface area contributed by atoms with Crippen molar-refractivity contribution in [2.75, 3.05) is 11.9 Å². The van der Waals surface area contributed by atoms with Gasteiger partial charge in [-0.25, -0.2) is 4.79 Å². The van der Waals surface area contributed by atoms with E-state index >= 15 is 0 Å². The predicted octanol–water partition coefficient (Wildman–Crippen LogP) is 2.70. The number of aryl methyl sites for hydroxylation is 1. The molecule has 20 heavy (non-hydrogen) atoms. The Kier molecular flexibility index (Phi) is 6.03. The number of carbonyl (C=O) groups excluding carboxylic acids is 2. The molecule has 1 rings (SSSR count). The summed E-state index contributed by atoms with van der Waals surface area (Å²) in [6, 6.07) is 6.79. The maximum Gasteiger partial charge on any atom is 0.407 e. The van der Waals surface area contributed by atoms with Crippen LogP contribution in [0.2, 0.25) is 0 Å². The zero-order valence-corrected chi connectivity index (χ0v) is 12.4. The van der Waals surface area contributed by atoms with E-state index in [4.69, 9.17) is 4.74 Å². The number of amides is 2. The molecule has 0 bridgehead atoms. The van der Waals surface area contributed by atoms with E-state index in [2.05, 4.69) is 10.6 Å². The summed E-state index contributed by atoms with van der Waals surface area (Å²) in [5.41, 5.74) is 1.82. The second-order valence-corrected chi connectivity index (χ2v) is 5.21. The Morgan fingerprint density at radius 2 is 1.75 bits per heavy atom. The van der Waals surface area contributed by atoms with Crippen LogP contribution >= 0.6 is 0 Å². The van der Waals surface area contributed by atoms with Crippen LogP contribution in [0.5, 0.6) is 0 Å². The maximum atomic E-state index is 11.9. The first-order valence-corrected chi connectivity index (χ1v) is 6.69. The van der Waals surface area contributed by atoms with E-state index in [1.54, 1.807) is 6.92 Å². The molecule has 0 aliphatic carbocycles. The summed E-state index contributed by atoms with van der Waals surface area (Å²) in [5.74, 6) is -0.0206. The van der Waals surface area contributed by atoms with E-state index in [0.717, 1.165) is 5.56 Å². The molecule has 0 spiro atoms. The minimum atomic E-state index is -0.657. The molecular formula is C15H22N2O3. The molecular weight excluding hydrogens is 256 g/mol. The lowest BCUT2D eigenvalue weighted by molar-refractivity contribution is -0.117. The van der Waals surface area contributed by atoms with Gasteiger partial charge in [0.25, 0.3) is 0 Å². The highest BCUT2D eigenvalue weighted by atomic mass is 16.5. The number of carbonyl (C=O) groups is 2. The molecule has 5 heteroatoms. The van der Waals surface area contributed by atoms with Crippen molar-refractivity contribution in [1.29, 1.82) is 0 Å². The standard InChI is InChI=1S/C15H22N2O3/c1-10(2)9-20-15(19)16-12(4)14(18)17-13-7-5-11(3)6-8-13/h5-8,10,12H,9H2,1-4H3,(H,16,19)(H,17,18)/t12-/m1/s1. The lowest BCUT2D eigenvalue weighted by Crippen LogP contribution is -2.42. The highest BCUT2D eigenvalue weighted by Gasteiger charge is 2.16. The first-order valence-electron chi connectivity index (χ1n) is 6.69. The third-order valence-corrected chi connectivity index (χ3v) is 2.59. The smallest absolute Gasteiger partial charge is 0.407 e. The third kappa shape index (κ3) is 5.73. The van der Waals surface area contributed by atoms with Crippen LogP contribution in [0.1, 0.15) is 26.3 Å². The van der Waals surface area contributed by atoms with Gasteiger partial charge in [-0.15, -0.1) is 0 Å². The first kappa shape index (κ1) is 16.0. The molecule has 110 valence electrons. The van der Waals surface area contributed by atoms with E-state index in [9.17, 15) is 9.59 Å². The first-order chi connectivity index (χ1) is 9.38. The van der Waals surface area contributed by atoms with Crippen LogP contribution in [0.25, 0.3) is 0 Å². The van der Waals surface area contributed by atoms with Gasteiger partial charge in [0.1, 0.15) is 6.04 Å². The summed E-state index contributed by atoms with van der Waals surface area (Å²) >= 11 is 0. The molecule has 0 heterocycles. The van der Waals surface area contributed by atoms with Gasteiger partial charge in [0.05, 0.1) is 6.61 Å². The molecule has 0 unspecified atom stereocenters. The van der Waals surface area contributed by atoms with Gasteiger partial charge in [-0.05, 0) is 31.9 Å². The second-order valence-electron chi connectivity index (χ2n) is 5.21. The second kappa shape index (κ2) is 7.53. The van der Waals surface area contributed by atoms with Gasteiger partial charge in [0, 0.05) is 5.69 Å². The van der Waals surface area contributed by atoms with Crippen molar-refractivity contribution < 1.29 is 14.3 Å². The van der Waals surface area contributed by atoms with Crippen LogP contribution in [-0.4, -0.2) is 24.6 Å². The fourth-order valence-corrected chi connectivity index (χ4v) is 1.41. The largest absolute Gasteiger partial charge is 0.449 e. The van der Waals surface area contributed by atoms with E-state index in [1.807, 2.05) is 45.0 Å². The Bertz CT molecular complexity index is 455. The molecule has 1 atom stereocenters. The SMILES string of the molecule is Cc1ccc(NC(=O)[C@@H](C)NC(=O)OCC(C)C)cc1. The van der Waals surface area contributed by atoms with E-state index in [-0.39, 0.29) is 11.8 Å². The number of benzene rings is 1. The molecule has 0 aliphatic rings. The van der Waals surface area contributed by atoms with Crippen molar-refractivity contribution in [3.8, 4) is 0 Å². The Labute approximate surface area is 119 Å². The van der Waals surface area contributed by atoms with Crippen molar-refractivity contribution in [1.82, 2.24) is 5.32 Å². The summed E-state index contributed by atoms with van der Waals surface area (Å²) in [7, 11) is 0. The van der Waals surface area contributed by atoms with Crippen LogP contribution in [-0.2, 0) is 9.53 Å². The number of alkyl carbamates (subject to hydrolysis) is 1. The Morgan fingerprint density at radius 3 is 2.30 bits per heavy atom. The van der Waals surface area contributed by atoms with Crippen LogP contribution < -0.4 is 10.6 Å². The van der Waals surface area contributed by atoms with Gasteiger partial charge < -0.3 is 15.4 Å². The molecule has 0 saturated heterocycles. The van der Waals surface area contributed by atoms with Gasteiger partial charge in [-0.3, -0.25) is 4.79 Å². The molecule has 2 N–H and O–H groups in total. The highest BCUT2D eigenvalue weighted by Crippen LogP contribution is 2.08. The molecule has 0 aliphatic heterocycles. The number of hydrogen-bond donors (Lipinski definition) is 2. The predicted molar refractivity (Wildman–Crippen MR) is 78.6 cm³/mol. The van der Waals surface area contributed by atoms with E-state index in [0.29, 0.717) is 12.3 Å². The van der Waals surface area contributed by atoms with Crippen LogP contribution in [0, 0.1) is 12.8 Å². The average Bonchev–Trinajstić information content (AvgIpc) is 2.39. The van der Waals surface area contributed by atoms with Crippen molar-refractivity contribution in [3.05, 3.63) is 29.8 Å².